The van der Waals surface area contributed by atoms with Gasteiger partial charge in [0.1, 0.15) is 11.0 Å². The van der Waals surface area contributed by atoms with Crippen LogP contribution in [0.4, 0.5) is 0 Å². The van der Waals surface area contributed by atoms with Crippen molar-refractivity contribution in [1.82, 2.24) is 9.97 Å². The molecule has 0 fully saturated rings. The van der Waals surface area contributed by atoms with Gasteiger partial charge in [-0.1, -0.05) is 37.8 Å². The van der Waals surface area contributed by atoms with Crippen molar-refractivity contribution in [2.24, 2.45) is 0 Å². The summed E-state index contributed by atoms with van der Waals surface area (Å²) < 4.78 is 5.72. The summed E-state index contributed by atoms with van der Waals surface area (Å²) in [7, 11) is 0. The number of hydrogen-bond acceptors (Lipinski definition) is 3. The van der Waals surface area contributed by atoms with E-state index in [2.05, 4.69) is 23.8 Å². The molecular weight excluding hydrogens is 236 g/mol. The Morgan fingerprint density at radius 1 is 1.29 bits per heavy atom. The number of rotatable bonds is 7. The van der Waals surface area contributed by atoms with Gasteiger partial charge in [-0.05, 0) is 26.7 Å². The van der Waals surface area contributed by atoms with Crippen molar-refractivity contribution >= 4 is 11.6 Å². The van der Waals surface area contributed by atoms with Crippen LogP contribution in [0, 0.1) is 6.92 Å². The third-order valence-electron chi connectivity index (χ3n) is 2.57. The van der Waals surface area contributed by atoms with E-state index < -0.39 is 0 Å². The largest absolute Gasteiger partial charge is 0.475 e. The van der Waals surface area contributed by atoms with E-state index in [1.54, 1.807) is 6.07 Å². The fraction of sp³-hybridized carbons (Fsp3) is 0.692. The molecule has 96 valence electrons. The molecule has 0 aliphatic heterocycles. The summed E-state index contributed by atoms with van der Waals surface area (Å²) in [6.07, 6.45) is 6.26. The summed E-state index contributed by atoms with van der Waals surface area (Å²) in [6, 6.07) is 1.66. The van der Waals surface area contributed by atoms with Crippen molar-refractivity contribution in [2.75, 3.05) is 0 Å². The molecule has 3 nitrogen and oxygen atoms in total. The zero-order valence-corrected chi connectivity index (χ0v) is 11.6. The minimum Gasteiger partial charge on any atom is -0.475 e. The van der Waals surface area contributed by atoms with Crippen molar-refractivity contribution in [3.8, 4) is 5.88 Å². The molecule has 0 spiro atoms. The Kier molecular flexibility index (Phi) is 6.27. The highest BCUT2D eigenvalue weighted by molar-refractivity contribution is 6.29. The molecule has 0 saturated heterocycles. The van der Waals surface area contributed by atoms with Crippen LogP contribution >= 0.6 is 11.6 Å². The van der Waals surface area contributed by atoms with Crippen molar-refractivity contribution in [3.63, 3.8) is 0 Å². The minimum absolute atomic E-state index is 0.178. The van der Waals surface area contributed by atoms with Gasteiger partial charge >= 0.3 is 0 Å². The summed E-state index contributed by atoms with van der Waals surface area (Å²) in [5.41, 5.74) is 0. The molecule has 0 N–H and O–H groups in total. The molecule has 1 atom stereocenters. The van der Waals surface area contributed by atoms with Gasteiger partial charge in [0.2, 0.25) is 5.88 Å². The second-order valence-corrected chi connectivity index (χ2v) is 4.74. The number of unbranched alkanes of at least 4 members (excludes halogenated alkanes) is 3. The lowest BCUT2D eigenvalue weighted by atomic mass is 10.1. The van der Waals surface area contributed by atoms with Gasteiger partial charge in [-0.25, -0.2) is 4.98 Å². The number of halogens is 1. The predicted octanol–water partition coefficient (Wildman–Crippen LogP) is 4.18. The highest BCUT2D eigenvalue weighted by Crippen LogP contribution is 2.16. The number of hydrogen-bond donors (Lipinski definition) is 0. The number of aromatic nitrogens is 2. The molecule has 0 aliphatic carbocycles. The molecule has 0 amide bonds. The molecule has 1 heterocycles. The van der Waals surface area contributed by atoms with Crippen LogP contribution in [-0.4, -0.2) is 16.1 Å². The van der Waals surface area contributed by atoms with Gasteiger partial charge in [0.25, 0.3) is 0 Å². The van der Waals surface area contributed by atoms with Gasteiger partial charge in [-0.2, -0.15) is 4.98 Å². The van der Waals surface area contributed by atoms with E-state index in [0.29, 0.717) is 16.9 Å². The molecule has 0 aliphatic rings. The topological polar surface area (TPSA) is 35.0 Å². The Labute approximate surface area is 109 Å². The first-order valence-electron chi connectivity index (χ1n) is 6.29. The third-order valence-corrected chi connectivity index (χ3v) is 2.76. The molecule has 1 aromatic heterocycles. The smallest absolute Gasteiger partial charge is 0.218 e. The fourth-order valence-corrected chi connectivity index (χ4v) is 1.91. The van der Waals surface area contributed by atoms with Gasteiger partial charge in [-0.3, -0.25) is 0 Å². The molecule has 0 radical (unpaired) electrons. The second-order valence-electron chi connectivity index (χ2n) is 4.35. The van der Waals surface area contributed by atoms with E-state index in [-0.39, 0.29) is 6.10 Å². The first-order valence-corrected chi connectivity index (χ1v) is 6.67. The minimum atomic E-state index is 0.178. The lowest BCUT2D eigenvalue weighted by Crippen LogP contribution is -2.13. The number of aryl methyl sites for hydroxylation is 1. The lowest BCUT2D eigenvalue weighted by Gasteiger charge is -2.13. The first-order chi connectivity index (χ1) is 8.11. The molecule has 0 saturated carbocycles. The lowest BCUT2D eigenvalue weighted by molar-refractivity contribution is 0.197. The Bertz CT molecular complexity index is 324. The zero-order valence-electron chi connectivity index (χ0n) is 10.9. The monoisotopic (exact) mass is 256 g/mol. The van der Waals surface area contributed by atoms with E-state index >= 15 is 0 Å². The van der Waals surface area contributed by atoms with E-state index in [9.17, 15) is 0 Å². The molecule has 17 heavy (non-hydrogen) atoms. The van der Waals surface area contributed by atoms with E-state index in [1.807, 2.05) is 6.92 Å². The summed E-state index contributed by atoms with van der Waals surface area (Å²) in [4.78, 5) is 8.20. The summed E-state index contributed by atoms with van der Waals surface area (Å²) in [6.45, 7) is 6.09. The average molecular weight is 257 g/mol. The van der Waals surface area contributed by atoms with Gasteiger partial charge in [0, 0.05) is 6.07 Å². The standard InChI is InChI=1S/C13H21ClN2O/c1-4-5-6-7-8-10(2)17-13-9-12(14)15-11(3)16-13/h9-10H,4-8H2,1-3H3. The van der Waals surface area contributed by atoms with Crippen LogP contribution in [0.5, 0.6) is 5.88 Å². The quantitative estimate of drug-likeness (QED) is 0.542. The summed E-state index contributed by atoms with van der Waals surface area (Å²) in [5.74, 6) is 1.22. The number of ether oxygens (including phenoxy) is 1. The van der Waals surface area contributed by atoms with Gasteiger partial charge in [0.15, 0.2) is 0 Å². The third kappa shape index (κ3) is 5.87. The molecule has 0 bridgehead atoms. The Balaban J connectivity index is 2.36. The molecule has 0 aromatic carbocycles. The maximum atomic E-state index is 5.85. The average Bonchev–Trinajstić information content (AvgIpc) is 2.23. The van der Waals surface area contributed by atoms with Crippen LogP contribution in [0.1, 0.15) is 51.8 Å². The predicted molar refractivity (Wildman–Crippen MR) is 70.6 cm³/mol. The Morgan fingerprint density at radius 3 is 2.71 bits per heavy atom. The highest BCUT2D eigenvalue weighted by atomic mass is 35.5. The maximum Gasteiger partial charge on any atom is 0.218 e. The SMILES string of the molecule is CCCCCCC(C)Oc1cc(Cl)nc(C)n1. The van der Waals surface area contributed by atoms with Crippen LogP contribution in [0.25, 0.3) is 0 Å². The molecule has 1 aromatic rings. The van der Waals surface area contributed by atoms with E-state index in [1.165, 1.54) is 25.7 Å². The van der Waals surface area contributed by atoms with Crippen molar-refractivity contribution < 1.29 is 4.74 Å². The highest BCUT2D eigenvalue weighted by Gasteiger charge is 2.06. The van der Waals surface area contributed by atoms with Crippen molar-refractivity contribution in [1.29, 1.82) is 0 Å². The van der Waals surface area contributed by atoms with Gasteiger partial charge in [0.05, 0.1) is 6.10 Å². The molecule has 1 unspecified atom stereocenters. The Morgan fingerprint density at radius 2 is 2.06 bits per heavy atom. The van der Waals surface area contributed by atoms with Gasteiger partial charge < -0.3 is 4.74 Å². The zero-order chi connectivity index (χ0) is 12.7. The molecule has 1 rings (SSSR count). The Hall–Kier alpha value is -0.830. The van der Waals surface area contributed by atoms with Crippen LogP contribution in [0.15, 0.2) is 6.07 Å². The summed E-state index contributed by atoms with van der Waals surface area (Å²) >= 11 is 5.85. The normalized spacial score (nSPS) is 12.5. The number of nitrogens with zero attached hydrogens (tertiary/aromatic N) is 2. The fourth-order valence-electron chi connectivity index (χ4n) is 1.69. The maximum absolute atomic E-state index is 5.85. The van der Waals surface area contributed by atoms with E-state index in [4.69, 9.17) is 16.3 Å². The molecular formula is C13H21ClN2O. The van der Waals surface area contributed by atoms with Crippen molar-refractivity contribution in [3.05, 3.63) is 17.0 Å². The van der Waals surface area contributed by atoms with Crippen LogP contribution < -0.4 is 4.74 Å². The molecule has 4 heteroatoms. The first kappa shape index (κ1) is 14.2. The van der Waals surface area contributed by atoms with Crippen molar-refractivity contribution in [2.45, 2.75) is 59.0 Å². The summed E-state index contributed by atoms with van der Waals surface area (Å²) in [5, 5.41) is 0.436. The second kappa shape index (κ2) is 7.49. The van der Waals surface area contributed by atoms with Crippen LogP contribution in [0.2, 0.25) is 5.15 Å². The van der Waals surface area contributed by atoms with E-state index in [0.717, 1.165) is 6.42 Å². The van der Waals surface area contributed by atoms with Crippen LogP contribution in [0.3, 0.4) is 0 Å². The van der Waals surface area contributed by atoms with Crippen LogP contribution in [-0.2, 0) is 0 Å². The van der Waals surface area contributed by atoms with Gasteiger partial charge in [-0.15, -0.1) is 0 Å².